The Morgan fingerprint density at radius 3 is 2.70 bits per heavy atom. The Bertz CT molecular complexity index is 871. The number of para-hydroxylation sites is 1. The van der Waals surface area contributed by atoms with Crippen LogP contribution in [0.1, 0.15) is 12.0 Å². The van der Waals surface area contributed by atoms with Crippen molar-refractivity contribution >= 4 is 46.7 Å². The molecule has 3 rings (SSSR count). The van der Waals surface area contributed by atoms with E-state index >= 15 is 0 Å². The first-order valence-corrected chi connectivity index (χ1v) is 9.57. The van der Waals surface area contributed by atoms with Crippen LogP contribution < -0.4 is 15.5 Å². The molecule has 0 amide bonds. The fourth-order valence-corrected chi connectivity index (χ4v) is 3.52. The molecule has 1 atom stereocenters. The van der Waals surface area contributed by atoms with Gasteiger partial charge in [-0.1, -0.05) is 18.2 Å². The number of hydrogen-bond acceptors (Lipinski definition) is 4. The number of likely N-dealkylation sites (tertiary alicyclic amines) is 1. The van der Waals surface area contributed by atoms with Gasteiger partial charge in [-0.05, 0) is 24.1 Å². The highest BCUT2D eigenvalue weighted by molar-refractivity contribution is 14.0. The van der Waals surface area contributed by atoms with E-state index in [1.165, 1.54) is 4.90 Å². The summed E-state index contributed by atoms with van der Waals surface area (Å²) in [5, 5.41) is 7.58. The first-order valence-electron chi connectivity index (χ1n) is 9.57. The lowest BCUT2D eigenvalue weighted by Crippen LogP contribution is -2.44. The number of nitrogens with one attached hydrogen (secondary N) is 2. The molecule has 2 N–H and O–H groups in total. The number of benzene rings is 1. The second-order valence-corrected chi connectivity index (χ2v) is 7.46. The Balaban J connectivity index is 0.00000320. The van der Waals surface area contributed by atoms with Gasteiger partial charge < -0.3 is 15.5 Å². The third-order valence-electron chi connectivity index (χ3n) is 4.93. The van der Waals surface area contributed by atoms with E-state index in [2.05, 4.69) is 20.6 Å². The van der Waals surface area contributed by atoms with Crippen molar-refractivity contribution in [2.24, 2.45) is 4.99 Å². The van der Waals surface area contributed by atoms with E-state index in [1.54, 1.807) is 7.05 Å². The minimum Gasteiger partial charge on any atom is -0.363 e. The van der Waals surface area contributed by atoms with Gasteiger partial charge in [0.25, 0.3) is 0 Å². The molecule has 1 saturated heterocycles. The highest BCUT2D eigenvalue weighted by atomic mass is 127. The normalized spacial score (nSPS) is 17.7. The number of aliphatic imine (C=N–C) groups is 1. The van der Waals surface area contributed by atoms with Crippen molar-refractivity contribution in [2.45, 2.75) is 25.2 Å². The third kappa shape index (κ3) is 6.59. The van der Waals surface area contributed by atoms with Gasteiger partial charge in [0.2, 0.25) is 0 Å². The fourth-order valence-electron chi connectivity index (χ4n) is 3.52. The monoisotopic (exact) mass is 536 g/mol. The van der Waals surface area contributed by atoms with Crippen molar-refractivity contribution in [3.63, 3.8) is 0 Å². The number of alkyl halides is 3. The summed E-state index contributed by atoms with van der Waals surface area (Å²) in [4.78, 5) is 12.3. The van der Waals surface area contributed by atoms with E-state index < -0.39 is 12.7 Å². The van der Waals surface area contributed by atoms with Crippen LogP contribution in [0.15, 0.2) is 35.3 Å². The van der Waals surface area contributed by atoms with Crippen molar-refractivity contribution < 1.29 is 13.2 Å². The third-order valence-corrected chi connectivity index (χ3v) is 4.93. The van der Waals surface area contributed by atoms with E-state index in [0.717, 1.165) is 22.3 Å². The number of aromatic nitrogens is 1. The number of pyridine rings is 1. The predicted molar refractivity (Wildman–Crippen MR) is 126 cm³/mol. The molecule has 2 aromatic rings. The van der Waals surface area contributed by atoms with E-state index in [-0.39, 0.29) is 30.0 Å². The van der Waals surface area contributed by atoms with Gasteiger partial charge in [0.1, 0.15) is 5.82 Å². The quantitative estimate of drug-likeness (QED) is 0.350. The van der Waals surface area contributed by atoms with Crippen molar-refractivity contribution in [1.82, 2.24) is 20.5 Å². The second kappa shape index (κ2) is 10.5. The molecule has 1 fully saturated rings. The molecule has 2 heterocycles. The zero-order valence-electron chi connectivity index (χ0n) is 17.3. The second-order valence-electron chi connectivity index (χ2n) is 7.46. The predicted octanol–water partition coefficient (Wildman–Crippen LogP) is 3.22. The number of nitrogens with zero attached hydrogens (tertiary/aromatic N) is 4. The zero-order valence-corrected chi connectivity index (χ0v) is 19.7. The molecule has 1 aliphatic rings. The average molecular weight is 536 g/mol. The zero-order chi connectivity index (χ0) is 21.0. The molecule has 0 bridgehead atoms. The standard InChI is InChI=1S/C20H27F3N6.HI/c1-24-19(26-15-8-9-29(12-15)13-20(21,22)23)25-11-14-10-18(28(2)3)27-17-7-5-4-6-16(14)17;/h4-7,10,15H,8-9,11-13H2,1-3H3,(H2,24,25,26);1H. The van der Waals surface area contributed by atoms with Gasteiger partial charge in [-0.2, -0.15) is 13.2 Å². The Kier molecular flexibility index (Phi) is 8.53. The Morgan fingerprint density at radius 2 is 2.03 bits per heavy atom. The molecule has 10 heteroatoms. The number of guanidine groups is 1. The molecule has 1 unspecified atom stereocenters. The van der Waals surface area contributed by atoms with Crippen LogP contribution in [0.3, 0.4) is 0 Å². The minimum absolute atomic E-state index is 0. The van der Waals surface area contributed by atoms with Crippen LogP contribution in [-0.2, 0) is 6.54 Å². The molecule has 6 nitrogen and oxygen atoms in total. The molecule has 0 radical (unpaired) electrons. The average Bonchev–Trinajstić information content (AvgIpc) is 3.09. The highest BCUT2D eigenvalue weighted by Crippen LogP contribution is 2.22. The smallest absolute Gasteiger partial charge is 0.363 e. The van der Waals surface area contributed by atoms with Crippen LogP contribution in [-0.4, -0.2) is 68.8 Å². The summed E-state index contributed by atoms with van der Waals surface area (Å²) in [6.45, 7) is 0.439. The molecule has 0 spiro atoms. The van der Waals surface area contributed by atoms with Gasteiger partial charge in [-0.25, -0.2) is 4.98 Å². The van der Waals surface area contributed by atoms with Gasteiger partial charge in [-0.15, -0.1) is 24.0 Å². The van der Waals surface area contributed by atoms with Gasteiger partial charge in [0.05, 0.1) is 12.1 Å². The van der Waals surface area contributed by atoms with Crippen LogP contribution in [0.25, 0.3) is 10.9 Å². The van der Waals surface area contributed by atoms with Crippen LogP contribution in [0.2, 0.25) is 0 Å². The summed E-state index contributed by atoms with van der Waals surface area (Å²) >= 11 is 0. The van der Waals surface area contributed by atoms with Crippen molar-refractivity contribution in [3.05, 3.63) is 35.9 Å². The molecule has 1 aromatic carbocycles. The molecular weight excluding hydrogens is 508 g/mol. The van der Waals surface area contributed by atoms with Gasteiger partial charge >= 0.3 is 6.18 Å². The maximum absolute atomic E-state index is 12.6. The van der Waals surface area contributed by atoms with Gasteiger partial charge in [-0.3, -0.25) is 9.89 Å². The molecule has 1 aliphatic heterocycles. The van der Waals surface area contributed by atoms with E-state index in [4.69, 9.17) is 0 Å². The van der Waals surface area contributed by atoms with Crippen molar-refractivity contribution in [3.8, 4) is 0 Å². The molecule has 166 valence electrons. The number of halogens is 4. The summed E-state index contributed by atoms with van der Waals surface area (Å²) in [5.74, 6) is 1.44. The van der Waals surface area contributed by atoms with Crippen LogP contribution in [0, 0.1) is 0 Å². The number of anilines is 1. The number of hydrogen-bond donors (Lipinski definition) is 2. The summed E-state index contributed by atoms with van der Waals surface area (Å²) in [5.41, 5.74) is 1.99. The lowest BCUT2D eigenvalue weighted by molar-refractivity contribution is -0.143. The van der Waals surface area contributed by atoms with Crippen LogP contribution in [0.5, 0.6) is 0 Å². The van der Waals surface area contributed by atoms with Crippen molar-refractivity contribution in [1.29, 1.82) is 0 Å². The molecule has 1 aromatic heterocycles. The lowest BCUT2D eigenvalue weighted by Gasteiger charge is -2.20. The largest absolute Gasteiger partial charge is 0.401 e. The maximum atomic E-state index is 12.6. The summed E-state index contributed by atoms with van der Waals surface area (Å²) in [6.07, 6.45) is -3.51. The highest BCUT2D eigenvalue weighted by Gasteiger charge is 2.34. The minimum atomic E-state index is -4.17. The molecule has 0 saturated carbocycles. The van der Waals surface area contributed by atoms with E-state index in [9.17, 15) is 13.2 Å². The maximum Gasteiger partial charge on any atom is 0.401 e. The van der Waals surface area contributed by atoms with E-state index in [0.29, 0.717) is 32.0 Å². The van der Waals surface area contributed by atoms with Gasteiger partial charge in [0, 0.05) is 52.2 Å². The topological polar surface area (TPSA) is 55.8 Å². The SMILES string of the molecule is CN=C(NCc1cc(N(C)C)nc2ccccc12)NC1CCN(CC(F)(F)F)C1.I. The Morgan fingerprint density at radius 1 is 1.30 bits per heavy atom. The number of rotatable bonds is 5. The molecule has 30 heavy (non-hydrogen) atoms. The van der Waals surface area contributed by atoms with Crippen LogP contribution in [0.4, 0.5) is 19.0 Å². The summed E-state index contributed by atoms with van der Waals surface area (Å²) in [7, 11) is 5.55. The summed E-state index contributed by atoms with van der Waals surface area (Å²) < 4.78 is 37.7. The molecular formula is C20H28F3IN6. The number of fused-ring (bicyclic) bond motifs is 1. The Hall–Kier alpha value is -1.82. The van der Waals surface area contributed by atoms with Gasteiger partial charge in [0.15, 0.2) is 5.96 Å². The van der Waals surface area contributed by atoms with Crippen LogP contribution >= 0.6 is 24.0 Å². The Labute approximate surface area is 191 Å². The van der Waals surface area contributed by atoms with Crippen molar-refractivity contribution in [2.75, 3.05) is 45.7 Å². The van der Waals surface area contributed by atoms with E-state index in [1.807, 2.05) is 49.3 Å². The molecule has 0 aliphatic carbocycles. The first-order chi connectivity index (χ1) is 13.7. The fraction of sp³-hybridized carbons (Fsp3) is 0.500. The first kappa shape index (κ1) is 24.4. The lowest BCUT2D eigenvalue weighted by atomic mass is 10.1. The summed E-state index contributed by atoms with van der Waals surface area (Å²) in [6, 6.07) is 9.91.